The molecular weight excluding hydrogens is 238 g/mol. The van der Waals surface area contributed by atoms with Crippen molar-refractivity contribution in [1.82, 2.24) is 0 Å². The van der Waals surface area contributed by atoms with Crippen molar-refractivity contribution in [2.45, 2.75) is 49.3 Å². The molecule has 0 aromatic carbocycles. The van der Waals surface area contributed by atoms with Crippen molar-refractivity contribution in [3.8, 4) is 0 Å². The Bertz CT molecular complexity index is 93.4. The van der Waals surface area contributed by atoms with Gasteiger partial charge >= 0.3 is 74.6 Å². The molecule has 0 aliphatic carbocycles. The van der Waals surface area contributed by atoms with Crippen LogP contribution in [0, 0.1) is 0 Å². The van der Waals surface area contributed by atoms with Crippen molar-refractivity contribution in [1.29, 1.82) is 0 Å². The van der Waals surface area contributed by atoms with E-state index in [0.717, 1.165) is 0 Å². The molecule has 0 heterocycles. The second kappa shape index (κ2) is 3.13. The molecule has 67 valence electrons. The molecule has 0 fully saturated rings. The topological polar surface area (TPSA) is 0 Å². The van der Waals surface area contributed by atoms with E-state index in [4.69, 9.17) is 9.53 Å². The van der Waals surface area contributed by atoms with E-state index in [2.05, 4.69) is 41.5 Å². The van der Waals surface area contributed by atoms with Crippen molar-refractivity contribution >= 4 is 9.53 Å². The zero-order valence-electron chi connectivity index (χ0n) is 7.69. The standard InChI is InChI=1S/2C4H9.ClH.Pd/c2*1-4(2)3;;/h2*1-3H3;1H;/q;;;+1/p-1. The van der Waals surface area contributed by atoms with E-state index >= 15 is 0 Å². The molecular formula is C8H18ClPd. The molecule has 0 aliphatic rings. The van der Waals surface area contributed by atoms with Gasteiger partial charge in [0.2, 0.25) is 0 Å². The van der Waals surface area contributed by atoms with Gasteiger partial charge in [-0.05, 0) is 0 Å². The summed E-state index contributed by atoms with van der Waals surface area (Å²) in [6.45, 7) is 13.4. The van der Waals surface area contributed by atoms with Crippen molar-refractivity contribution in [2.24, 2.45) is 0 Å². The molecule has 0 N–H and O–H groups in total. The third-order valence-corrected chi connectivity index (χ3v) is 9.17. The fourth-order valence-corrected chi connectivity index (χ4v) is 4.21. The van der Waals surface area contributed by atoms with Gasteiger partial charge in [-0.15, -0.1) is 0 Å². The van der Waals surface area contributed by atoms with Gasteiger partial charge in [0.1, 0.15) is 0 Å². The molecule has 0 amide bonds. The van der Waals surface area contributed by atoms with E-state index in [1.165, 1.54) is 0 Å². The summed E-state index contributed by atoms with van der Waals surface area (Å²) in [4.78, 5) is 0. The van der Waals surface area contributed by atoms with Crippen LogP contribution in [0.5, 0.6) is 0 Å². The Kier molecular flexibility index (Phi) is 3.43. The monoisotopic (exact) mass is 255 g/mol. The summed E-state index contributed by atoms with van der Waals surface area (Å²) < 4.78 is 0.650. The van der Waals surface area contributed by atoms with E-state index < -0.39 is 15.7 Å². The molecule has 0 aromatic heterocycles. The second-order valence-corrected chi connectivity index (χ2v) is 11.2. The van der Waals surface area contributed by atoms with Crippen LogP contribution in [0.25, 0.3) is 0 Å². The first-order chi connectivity index (χ1) is 4.15. The van der Waals surface area contributed by atoms with Crippen LogP contribution in [-0.4, -0.2) is 0 Å². The maximum absolute atomic E-state index is 6.35. The molecule has 0 bridgehead atoms. The van der Waals surface area contributed by atoms with Crippen LogP contribution in [0.3, 0.4) is 0 Å². The van der Waals surface area contributed by atoms with Crippen LogP contribution < -0.4 is 0 Å². The Labute approximate surface area is 74.6 Å². The van der Waals surface area contributed by atoms with Gasteiger partial charge in [0.05, 0.1) is 0 Å². The number of hydrogen-bond donors (Lipinski definition) is 0. The predicted molar refractivity (Wildman–Crippen MR) is 45.3 cm³/mol. The fraction of sp³-hybridized carbons (Fsp3) is 1.00. The summed E-state index contributed by atoms with van der Waals surface area (Å²) >= 11 is -0.892. The third kappa shape index (κ3) is 3.37. The average molecular weight is 256 g/mol. The molecule has 0 spiro atoms. The molecule has 0 aliphatic heterocycles. The van der Waals surface area contributed by atoms with Crippen LogP contribution >= 0.6 is 9.53 Å². The normalized spacial score (nSPS) is 15.3. The molecule has 2 heteroatoms. The summed E-state index contributed by atoms with van der Waals surface area (Å²) in [6.07, 6.45) is 0. The molecule has 0 saturated carbocycles. The summed E-state index contributed by atoms with van der Waals surface area (Å²) in [5.41, 5.74) is 0. The molecule has 0 unspecified atom stereocenters. The summed E-state index contributed by atoms with van der Waals surface area (Å²) in [5, 5.41) is 0. The molecule has 0 radical (unpaired) electrons. The second-order valence-electron chi connectivity index (χ2n) is 4.15. The van der Waals surface area contributed by atoms with Crippen molar-refractivity contribution < 1.29 is 15.7 Å². The molecule has 0 atom stereocenters. The van der Waals surface area contributed by atoms with Crippen LogP contribution in [0.2, 0.25) is 7.78 Å². The minimum atomic E-state index is -0.892. The molecule has 10 heavy (non-hydrogen) atoms. The number of halogens is 1. The van der Waals surface area contributed by atoms with Gasteiger partial charge < -0.3 is 0 Å². The Balaban J connectivity index is 4.23. The Morgan fingerprint density at radius 2 is 1.00 bits per heavy atom. The first-order valence-corrected chi connectivity index (χ1v) is 6.99. The fourth-order valence-electron chi connectivity index (χ4n) is 0.712. The van der Waals surface area contributed by atoms with Gasteiger partial charge in [0, 0.05) is 0 Å². The van der Waals surface area contributed by atoms with Crippen molar-refractivity contribution in [2.75, 3.05) is 0 Å². The van der Waals surface area contributed by atoms with Gasteiger partial charge in [0.15, 0.2) is 0 Å². The third-order valence-electron chi connectivity index (χ3n) is 0.833. The van der Waals surface area contributed by atoms with E-state index in [-0.39, 0.29) is 0 Å². The maximum atomic E-state index is 6.35. The predicted octanol–water partition coefficient (Wildman–Crippen LogP) is 4.20. The summed E-state index contributed by atoms with van der Waals surface area (Å²) in [6, 6.07) is 0. The average Bonchev–Trinajstić information content (AvgIpc) is 1.59. The van der Waals surface area contributed by atoms with Crippen molar-refractivity contribution in [3.63, 3.8) is 0 Å². The first-order valence-electron chi connectivity index (χ1n) is 3.44. The number of rotatable bonds is 0. The molecule has 0 aromatic rings. The Morgan fingerprint density at radius 1 is 0.800 bits per heavy atom. The Morgan fingerprint density at radius 3 is 1.00 bits per heavy atom. The van der Waals surface area contributed by atoms with Crippen molar-refractivity contribution in [3.05, 3.63) is 0 Å². The van der Waals surface area contributed by atoms with E-state index in [0.29, 0.717) is 7.78 Å². The SMILES string of the molecule is C[C](C)(C)[Pd]([Cl])[C](C)(C)C. The minimum absolute atomic E-state index is 0.325. The number of hydrogen-bond acceptors (Lipinski definition) is 0. The quantitative estimate of drug-likeness (QED) is 0.570. The van der Waals surface area contributed by atoms with Gasteiger partial charge in [-0.2, -0.15) is 0 Å². The van der Waals surface area contributed by atoms with Gasteiger partial charge in [-0.25, -0.2) is 0 Å². The van der Waals surface area contributed by atoms with Gasteiger partial charge in [-0.3, -0.25) is 0 Å². The zero-order chi connectivity index (χ0) is 8.58. The van der Waals surface area contributed by atoms with E-state index in [1.54, 1.807) is 0 Å². The molecule has 0 saturated heterocycles. The van der Waals surface area contributed by atoms with Crippen LogP contribution in [-0.2, 0) is 15.7 Å². The summed E-state index contributed by atoms with van der Waals surface area (Å²) in [7, 11) is 6.35. The van der Waals surface area contributed by atoms with E-state index in [1.807, 2.05) is 0 Å². The van der Waals surface area contributed by atoms with Gasteiger partial charge in [0.25, 0.3) is 0 Å². The summed E-state index contributed by atoms with van der Waals surface area (Å²) in [5.74, 6) is 0. The molecule has 0 rings (SSSR count). The van der Waals surface area contributed by atoms with E-state index in [9.17, 15) is 0 Å². The first kappa shape index (κ1) is 11.0. The van der Waals surface area contributed by atoms with Crippen LogP contribution in [0.1, 0.15) is 41.5 Å². The zero-order valence-corrected chi connectivity index (χ0v) is 10.0. The van der Waals surface area contributed by atoms with Crippen LogP contribution in [0.15, 0.2) is 0 Å². The Hall–Kier alpha value is 0.952. The van der Waals surface area contributed by atoms with Gasteiger partial charge in [-0.1, -0.05) is 0 Å². The molecule has 0 nitrogen and oxygen atoms in total. The van der Waals surface area contributed by atoms with Crippen LogP contribution in [0.4, 0.5) is 0 Å².